The van der Waals surface area contributed by atoms with Gasteiger partial charge in [-0.15, -0.1) is 0 Å². The molecule has 35 heavy (non-hydrogen) atoms. The van der Waals surface area contributed by atoms with Crippen molar-refractivity contribution in [2.75, 3.05) is 19.3 Å². The van der Waals surface area contributed by atoms with Crippen LogP contribution in [0.15, 0.2) is 76.7 Å². The van der Waals surface area contributed by atoms with Crippen LogP contribution in [0.3, 0.4) is 0 Å². The molecule has 0 amide bonds. The third-order valence-electron chi connectivity index (χ3n) is 6.27. The Balaban J connectivity index is 1.73. The Morgan fingerprint density at radius 3 is 2.34 bits per heavy atom. The third-order valence-corrected chi connectivity index (χ3v) is 6.77. The van der Waals surface area contributed by atoms with E-state index in [0.29, 0.717) is 12.5 Å². The van der Waals surface area contributed by atoms with Crippen molar-refractivity contribution in [2.45, 2.75) is 25.8 Å². The van der Waals surface area contributed by atoms with Crippen LogP contribution in [0.25, 0.3) is 11.1 Å². The summed E-state index contributed by atoms with van der Waals surface area (Å²) < 4.78 is 28.8. The Hall–Kier alpha value is -3.65. The van der Waals surface area contributed by atoms with Crippen molar-refractivity contribution in [1.82, 2.24) is 4.90 Å². The van der Waals surface area contributed by atoms with E-state index in [4.69, 9.17) is 19.9 Å². The van der Waals surface area contributed by atoms with Gasteiger partial charge in [-0.25, -0.2) is 4.99 Å². The number of aryl methyl sites for hydroxylation is 2. The fourth-order valence-corrected chi connectivity index (χ4v) is 5.44. The monoisotopic (exact) mass is 488 g/mol. The lowest BCUT2D eigenvalue weighted by atomic mass is 9.80. The van der Waals surface area contributed by atoms with E-state index >= 15 is 0 Å². The summed E-state index contributed by atoms with van der Waals surface area (Å²) in [5, 5.41) is 0. The Labute approximate surface area is 206 Å². The van der Waals surface area contributed by atoms with Crippen LogP contribution in [0.5, 0.6) is 5.75 Å². The molecule has 180 valence electrons. The highest BCUT2D eigenvalue weighted by Crippen LogP contribution is 2.43. The van der Waals surface area contributed by atoms with Gasteiger partial charge in [-0.05, 0) is 60.7 Å². The molecule has 0 spiro atoms. The van der Waals surface area contributed by atoms with Crippen LogP contribution in [0.4, 0.5) is 0 Å². The van der Waals surface area contributed by atoms with Crippen molar-refractivity contribution in [3.8, 4) is 16.9 Å². The van der Waals surface area contributed by atoms with E-state index in [2.05, 4.69) is 44.2 Å². The topological polar surface area (TPSA) is 97.3 Å². The van der Waals surface area contributed by atoms with Crippen LogP contribution < -0.4 is 9.92 Å². The lowest BCUT2D eigenvalue weighted by Crippen LogP contribution is -2.46. The molecule has 0 saturated heterocycles. The Morgan fingerprint density at radius 1 is 0.943 bits per heavy atom. The number of benzene rings is 3. The van der Waals surface area contributed by atoms with Crippen LogP contribution in [-0.2, 0) is 15.7 Å². The summed E-state index contributed by atoms with van der Waals surface area (Å²) >= 11 is 0. The summed E-state index contributed by atoms with van der Waals surface area (Å²) in [5.41, 5.74) is 11.6. The first-order valence-corrected chi connectivity index (χ1v) is 13.3. The lowest BCUT2D eigenvalue weighted by molar-refractivity contribution is 0.491. The van der Waals surface area contributed by atoms with Gasteiger partial charge in [0.25, 0.3) is 0 Å². The number of hydrogen-bond donors (Lipinski definition) is 1. The van der Waals surface area contributed by atoms with Crippen molar-refractivity contribution >= 4 is 21.9 Å². The van der Waals surface area contributed by atoms with Crippen LogP contribution in [0.1, 0.15) is 28.7 Å². The van der Waals surface area contributed by atoms with Gasteiger partial charge in [-0.1, -0.05) is 59.7 Å². The minimum absolute atomic E-state index is 0.221. The molecule has 1 unspecified atom stereocenters. The zero-order valence-electron chi connectivity index (χ0n) is 20.0. The maximum absolute atomic E-state index is 11.8. The number of nitrogens with two attached hydrogens (primary N) is 1. The van der Waals surface area contributed by atoms with E-state index in [1.165, 1.54) is 11.1 Å². The van der Waals surface area contributed by atoms with Crippen molar-refractivity contribution in [1.29, 1.82) is 0 Å². The first-order valence-electron chi connectivity index (χ1n) is 11.5. The van der Waals surface area contributed by atoms with E-state index < -0.39 is 15.7 Å². The minimum Gasteiger partial charge on any atom is -0.383 e. The largest absolute Gasteiger partial charge is 0.383 e. The Bertz CT molecular complexity index is 1460. The number of fused-ring (bicyclic) bond motifs is 1. The molecule has 1 atom stereocenters. The number of nitrogens with zero attached hydrogens (tertiary/aromatic N) is 3. The molecule has 0 aromatic heterocycles. The smallest absolute Gasteiger partial charge is 0.306 e. The van der Waals surface area contributed by atoms with Crippen LogP contribution in [0.2, 0.25) is 0 Å². The van der Waals surface area contributed by atoms with Crippen LogP contribution in [0, 0.1) is 13.8 Å². The average Bonchev–Trinajstić information content (AvgIpc) is 3.11. The standard InChI is InChI=1S/C27H28N4O3S/c1-18-13-19(2)15-21(14-18)20-7-4-8-22(16-20)27(25-29-11-6-12-31(25)26(28)30-27)23-9-5-10-24(17-23)34-35(3,32)33/h4-5,7-10,13-17H,6,11-12H2,1-3H3,(H2,28,30). The molecule has 3 aromatic carbocycles. The van der Waals surface area contributed by atoms with E-state index in [0.717, 1.165) is 47.3 Å². The molecule has 0 radical (unpaired) electrons. The fraction of sp³-hybridized carbons (Fsp3) is 0.259. The number of hydrogen-bond acceptors (Lipinski definition) is 7. The SMILES string of the molecule is Cc1cc(C)cc(-c2cccc(C3(c4cccc(OS(C)(=O)=O)c4)N=C(N)N4CCCN=C43)c2)c1. The first kappa shape index (κ1) is 23.1. The summed E-state index contributed by atoms with van der Waals surface area (Å²) in [5.74, 6) is 1.36. The fourth-order valence-electron chi connectivity index (χ4n) is 4.99. The van der Waals surface area contributed by atoms with Crippen molar-refractivity contribution in [3.05, 3.63) is 89.0 Å². The van der Waals surface area contributed by atoms with E-state index in [1.807, 2.05) is 23.1 Å². The minimum atomic E-state index is -3.69. The summed E-state index contributed by atoms with van der Waals surface area (Å²) in [7, 11) is -3.69. The summed E-state index contributed by atoms with van der Waals surface area (Å²) in [6.45, 7) is 5.58. The molecular formula is C27H28N4O3S. The van der Waals surface area contributed by atoms with Crippen molar-refractivity contribution in [2.24, 2.45) is 15.7 Å². The molecule has 8 heteroatoms. The molecular weight excluding hydrogens is 460 g/mol. The number of guanidine groups is 1. The molecule has 2 aliphatic heterocycles. The second-order valence-electron chi connectivity index (χ2n) is 9.16. The Kier molecular flexibility index (Phi) is 5.63. The highest BCUT2D eigenvalue weighted by molar-refractivity contribution is 7.86. The summed E-state index contributed by atoms with van der Waals surface area (Å²) in [4.78, 5) is 11.8. The molecule has 3 aromatic rings. The molecule has 0 bridgehead atoms. The van der Waals surface area contributed by atoms with E-state index in [1.54, 1.807) is 18.2 Å². The van der Waals surface area contributed by atoms with Crippen LogP contribution >= 0.6 is 0 Å². The zero-order chi connectivity index (χ0) is 24.8. The molecule has 2 aliphatic rings. The molecule has 2 N–H and O–H groups in total. The number of amidine groups is 1. The second kappa shape index (κ2) is 8.53. The van der Waals surface area contributed by atoms with Gasteiger partial charge in [0.05, 0.1) is 6.26 Å². The highest BCUT2D eigenvalue weighted by Gasteiger charge is 2.49. The van der Waals surface area contributed by atoms with Gasteiger partial charge < -0.3 is 9.92 Å². The van der Waals surface area contributed by atoms with Gasteiger partial charge in [0.1, 0.15) is 11.6 Å². The maximum Gasteiger partial charge on any atom is 0.306 e. The van der Waals surface area contributed by atoms with Gasteiger partial charge in [-0.2, -0.15) is 8.42 Å². The summed E-state index contributed by atoms with van der Waals surface area (Å²) in [6, 6.07) is 21.7. The zero-order valence-corrected chi connectivity index (χ0v) is 20.8. The van der Waals surface area contributed by atoms with Crippen LogP contribution in [-0.4, -0.2) is 44.5 Å². The predicted molar refractivity (Wildman–Crippen MR) is 139 cm³/mol. The number of aliphatic imine (C=N–C) groups is 2. The normalized spacial score (nSPS) is 19.7. The molecule has 0 fully saturated rings. The first-order chi connectivity index (χ1) is 16.7. The average molecular weight is 489 g/mol. The van der Waals surface area contributed by atoms with Gasteiger partial charge in [0, 0.05) is 13.1 Å². The number of rotatable bonds is 5. The van der Waals surface area contributed by atoms with Crippen molar-refractivity contribution < 1.29 is 12.6 Å². The molecule has 7 nitrogen and oxygen atoms in total. The molecule has 5 rings (SSSR count). The van der Waals surface area contributed by atoms with Gasteiger partial charge in [0.15, 0.2) is 11.5 Å². The Morgan fingerprint density at radius 2 is 1.63 bits per heavy atom. The van der Waals surface area contributed by atoms with E-state index in [9.17, 15) is 8.42 Å². The maximum atomic E-state index is 11.8. The van der Waals surface area contributed by atoms with Crippen molar-refractivity contribution in [3.63, 3.8) is 0 Å². The predicted octanol–water partition coefficient (Wildman–Crippen LogP) is 3.98. The third kappa shape index (κ3) is 4.30. The quantitative estimate of drug-likeness (QED) is 0.548. The van der Waals surface area contributed by atoms with Gasteiger partial charge in [-0.3, -0.25) is 9.89 Å². The molecule has 0 saturated carbocycles. The second-order valence-corrected chi connectivity index (χ2v) is 10.7. The van der Waals surface area contributed by atoms with Gasteiger partial charge >= 0.3 is 10.1 Å². The molecule has 2 heterocycles. The van der Waals surface area contributed by atoms with E-state index in [-0.39, 0.29) is 5.75 Å². The van der Waals surface area contributed by atoms with Gasteiger partial charge in [0.2, 0.25) is 0 Å². The highest BCUT2D eigenvalue weighted by atomic mass is 32.2. The lowest BCUT2D eigenvalue weighted by Gasteiger charge is -2.33. The summed E-state index contributed by atoms with van der Waals surface area (Å²) in [6.07, 6.45) is 1.91. The molecule has 0 aliphatic carbocycles.